The van der Waals surface area contributed by atoms with Gasteiger partial charge in [0.15, 0.2) is 0 Å². The summed E-state index contributed by atoms with van der Waals surface area (Å²) in [6.45, 7) is 5.68. The summed E-state index contributed by atoms with van der Waals surface area (Å²) in [6.07, 6.45) is 1.72. The molecule has 114 valence electrons. The molecule has 2 aromatic heterocycles. The smallest absolute Gasteiger partial charge is 0.354 e. The van der Waals surface area contributed by atoms with Gasteiger partial charge in [0, 0.05) is 12.8 Å². The molecule has 0 aliphatic carbocycles. The minimum Gasteiger partial charge on any atom is -1.00 e. The summed E-state index contributed by atoms with van der Waals surface area (Å²) >= 11 is 3.09. The Balaban J connectivity index is 0.00000180. The highest BCUT2D eigenvalue weighted by Gasteiger charge is 2.15. The van der Waals surface area contributed by atoms with Gasteiger partial charge in [-0.1, -0.05) is 10.2 Å². The molecule has 0 atom stereocenters. The molecule has 2 aromatic rings. The van der Waals surface area contributed by atoms with Crippen molar-refractivity contribution in [3.05, 3.63) is 10.0 Å². The predicted octanol–water partition coefficient (Wildman–Crippen LogP) is -5.83. The molecule has 0 spiro atoms. The minimum absolute atomic E-state index is 0. The molecule has 0 fully saturated rings. The Morgan fingerprint density at radius 1 is 0.850 bits per heavy atom. The number of anilines is 2. The quantitative estimate of drug-likeness (QED) is 0.293. The van der Waals surface area contributed by atoms with Crippen LogP contribution in [0.25, 0.3) is 0 Å². The van der Waals surface area contributed by atoms with Gasteiger partial charge < -0.3 is 48.0 Å². The van der Waals surface area contributed by atoms with Gasteiger partial charge in [0.25, 0.3) is 0 Å². The van der Waals surface area contributed by atoms with Crippen molar-refractivity contribution in [2.45, 2.75) is 39.8 Å². The van der Waals surface area contributed by atoms with E-state index in [1.54, 1.807) is 22.7 Å². The fourth-order valence-corrected chi connectivity index (χ4v) is 3.34. The molecule has 2 heterocycles. The van der Waals surface area contributed by atoms with Gasteiger partial charge in [-0.15, -0.1) is 9.36 Å². The van der Waals surface area contributed by atoms with Gasteiger partial charge in [0.05, 0.1) is 0 Å². The van der Waals surface area contributed by atoms with Crippen molar-refractivity contribution in [2.24, 2.45) is 0 Å². The minimum atomic E-state index is 0. The molecule has 0 saturated carbocycles. The molecule has 0 aromatic carbocycles. The van der Waals surface area contributed by atoms with Crippen molar-refractivity contribution in [3.8, 4) is 0 Å². The average molecular weight is 540 g/mol. The molecule has 20 heavy (non-hydrogen) atoms. The van der Waals surface area contributed by atoms with Crippen LogP contribution in [-0.2, 0) is 25.9 Å². The number of hydrogen-bond acceptors (Lipinski definition) is 6. The third kappa shape index (κ3) is 4.87. The second kappa shape index (κ2) is 9.25. The number of hydrogen-bond donors (Lipinski definition) is 2. The number of nitrogens with zero attached hydrogens (tertiary/aromatic N) is 4. The first-order valence-electron chi connectivity index (χ1n) is 5.94. The number of halogens is 2. The van der Waals surface area contributed by atoms with Crippen LogP contribution in [0.2, 0.25) is 0 Å². The van der Waals surface area contributed by atoms with Crippen LogP contribution in [0.15, 0.2) is 0 Å². The Morgan fingerprint density at radius 2 is 1.20 bits per heavy atom. The van der Waals surface area contributed by atoms with E-state index in [1.807, 2.05) is 23.2 Å². The van der Waals surface area contributed by atoms with Crippen molar-refractivity contribution in [3.63, 3.8) is 0 Å². The lowest BCUT2D eigenvalue weighted by molar-refractivity contribution is -0.733. The van der Waals surface area contributed by atoms with E-state index in [2.05, 4.69) is 10.2 Å². The normalized spacial score (nSPS) is 9.90. The Morgan fingerprint density at radius 3 is 1.45 bits per heavy atom. The molecular weight excluding hydrogens is 522 g/mol. The van der Waals surface area contributed by atoms with Crippen LogP contribution in [0.3, 0.4) is 0 Å². The topological polar surface area (TPSA) is 85.6 Å². The molecule has 10 heteroatoms. The lowest BCUT2D eigenvalue weighted by Gasteiger charge is -1.89. The van der Waals surface area contributed by atoms with Crippen molar-refractivity contribution in [2.75, 3.05) is 11.5 Å². The van der Waals surface area contributed by atoms with Crippen LogP contribution in [0, 0.1) is 0 Å². The molecule has 0 bridgehead atoms. The van der Waals surface area contributed by atoms with E-state index in [0.29, 0.717) is 0 Å². The van der Waals surface area contributed by atoms with E-state index < -0.39 is 0 Å². The van der Waals surface area contributed by atoms with E-state index in [9.17, 15) is 0 Å². The van der Waals surface area contributed by atoms with E-state index >= 15 is 0 Å². The highest BCUT2D eigenvalue weighted by Crippen LogP contribution is 2.15. The maximum absolute atomic E-state index is 5.85. The summed E-state index contributed by atoms with van der Waals surface area (Å²) in [4.78, 5) is 0. The Hall–Kier alpha value is 0.180. The Kier molecular flexibility index (Phi) is 9.33. The zero-order valence-corrected chi connectivity index (χ0v) is 17.3. The monoisotopic (exact) mass is 540 g/mol. The number of nitrogens with two attached hydrogens (primary N) is 2. The van der Waals surface area contributed by atoms with Crippen LogP contribution in [0.5, 0.6) is 0 Å². The maximum atomic E-state index is 5.85. The third-order valence-electron chi connectivity index (χ3n) is 2.57. The van der Waals surface area contributed by atoms with Gasteiger partial charge in [0.1, 0.15) is 23.1 Å². The van der Waals surface area contributed by atoms with Crippen molar-refractivity contribution in [1.29, 1.82) is 0 Å². The molecular formula is C10H18I2N6S2. The van der Waals surface area contributed by atoms with E-state index in [-0.39, 0.29) is 48.0 Å². The van der Waals surface area contributed by atoms with E-state index in [4.69, 9.17) is 11.5 Å². The number of aryl methyl sites for hydroxylation is 4. The first kappa shape index (κ1) is 20.2. The van der Waals surface area contributed by atoms with Gasteiger partial charge in [0.2, 0.25) is 0 Å². The van der Waals surface area contributed by atoms with Crippen LogP contribution < -0.4 is 68.8 Å². The van der Waals surface area contributed by atoms with E-state index in [1.165, 1.54) is 0 Å². The summed E-state index contributed by atoms with van der Waals surface area (Å²) in [7, 11) is 0. The average Bonchev–Trinajstić information content (AvgIpc) is 2.89. The van der Waals surface area contributed by atoms with Crippen molar-refractivity contribution >= 4 is 32.9 Å². The van der Waals surface area contributed by atoms with Crippen LogP contribution in [0.4, 0.5) is 10.3 Å². The molecule has 2 rings (SSSR count). The first-order valence-corrected chi connectivity index (χ1v) is 7.58. The van der Waals surface area contributed by atoms with Crippen LogP contribution >= 0.6 is 22.7 Å². The predicted molar refractivity (Wildman–Crippen MR) is 72.2 cm³/mol. The lowest BCUT2D eigenvalue weighted by atomic mass is 10.3. The second-order valence-electron chi connectivity index (χ2n) is 3.80. The molecule has 0 radical (unpaired) electrons. The highest BCUT2D eigenvalue weighted by molar-refractivity contribution is 7.15. The fraction of sp³-hybridized carbons (Fsp3) is 0.600. The summed E-state index contributed by atoms with van der Waals surface area (Å²) in [5.74, 6) is 0. The molecule has 6 nitrogen and oxygen atoms in total. The molecule has 0 saturated heterocycles. The molecule has 4 N–H and O–H groups in total. The summed E-state index contributed by atoms with van der Waals surface area (Å²) in [5, 5.41) is 12.5. The van der Waals surface area contributed by atoms with Crippen molar-refractivity contribution in [1.82, 2.24) is 10.2 Å². The molecule has 0 aliphatic heterocycles. The highest BCUT2D eigenvalue weighted by atomic mass is 127. The Bertz CT molecular complexity index is 494. The van der Waals surface area contributed by atoms with Gasteiger partial charge in [-0.2, -0.15) is 0 Å². The van der Waals surface area contributed by atoms with Gasteiger partial charge in [-0.3, -0.25) is 11.5 Å². The number of aromatic nitrogens is 4. The zero-order valence-electron chi connectivity index (χ0n) is 11.3. The van der Waals surface area contributed by atoms with Gasteiger partial charge >= 0.3 is 10.3 Å². The van der Waals surface area contributed by atoms with Crippen LogP contribution in [-0.4, -0.2) is 10.2 Å². The SMILES string of the molecule is CC[n+]1nc(CCc2n[n+](CC)c(N)s2)sc1N.[I-].[I-]. The summed E-state index contributed by atoms with van der Waals surface area (Å²) < 4.78 is 3.64. The first-order chi connectivity index (χ1) is 8.63. The molecule has 0 aliphatic rings. The molecule has 0 amide bonds. The molecule has 0 unspecified atom stereocenters. The second-order valence-corrected chi connectivity index (χ2v) is 5.99. The van der Waals surface area contributed by atoms with Crippen molar-refractivity contribution < 1.29 is 57.3 Å². The fourth-order valence-electron chi connectivity index (χ4n) is 1.62. The third-order valence-corrected chi connectivity index (χ3v) is 4.45. The zero-order chi connectivity index (χ0) is 13.1. The largest absolute Gasteiger partial charge is 1.00 e. The summed E-state index contributed by atoms with van der Waals surface area (Å²) in [6, 6.07) is 0. The lowest BCUT2D eigenvalue weighted by Crippen LogP contribution is -3.00. The van der Waals surface area contributed by atoms with Crippen LogP contribution in [0.1, 0.15) is 23.9 Å². The summed E-state index contributed by atoms with van der Waals surface area (Å²) in [5.41, 5.74) is 11.7. The van der Waals surface area contributed by atoms with Gasteiger partial charge in [-0.05, 0) is 36.5 Å². The standard InChI is InChI=1S/C10H16N6S2.2HI/c1-3-15-9(11)17-7(13-15)5-6-8-14-16(4-2)10(12)18-8;;/h11-12H,3-6H2,1-2H3;2*1H. The van der Waals surface area contributed by atoms with E-state index in [0.717, 1.165) is 46.2 Å². The Labute approximate surface area is 160 Å². The number of nitrogen functional groups attached to an aromatic ring is 2. The maximum Gasteiger partial charge on any atom is 0.354 e. The number of rotatable bonds is 5. The van der Waals surface area contributed by atoms with Gasteiger partial charge in [-0.25, -0.2) is 0 Å².